The van der Waals surface area contributed by atoms with Crippen molar-refractivity contribution in [1.82, 2.24) is 0 Å². The molecule has 10 heavy (non-hydrogen) atoms. The molecule has 0 spiro atoms. The van der Waals surface area contributed by atoms with Crippen molar-refractivity contribution in [3.05, 3.63) is 0 Å². The van der Waals surface area contributed by atoms with Crippen molar-refractivity contribution in [2.45, 2.75) is 26.1 Å². The Morgan fingerprint density at radius 1 is 1.40 bits per heavy atom. The third-order valence-electron chi connectivity index (χ3n) is 1.03. The molecule has 0 heterocycles. The van der Waals surface area contributed by atoms with Gasteiger partial charge < -0.3 is 0 Å². The number of alkyl halides is 1. The molecule has 0 saturated carbocycles. The Morgan fingerprint density at radius 3 is 2.20 bits per heavy atom. The van der Waals surface area contributed by atoms with Crippen molar-refractivity contribution in [3.63, 3.8) is 0 Å². The molecule has 1 atom stereocenters. The second kappa shape index (κ2) is 3.55. The first-order valence-corrected chi connectivity index (χ1v) is 3.52. The van der Waals surface area contributed by atoms with Crippen molar-refractivity contribution in [2.24, 2.45) is 5.41 Å². The summed E-state index contributed by atoms with van der Waals surface area (Å²) in [5.41, 5.74) is 0.00536. The first-order chi connectivity index (χ1) is 4.48. The van der Waals surface area contributed by atoms with Gasteiger partial charge in [0.15, 0.2) is 0 Å². The number of terminal acetylenes is 1. The number of hydrogen-bond acceptors (Lipinski definition) is 0. The number of rotatable bonds is 0. The minimum Gasteiger partial charge on any atom is -0.108 e. The van der Waals surface area contributed by atoms with Crippen LogP contribution in [0.3, 0.4) is 0 Å². The van der Waals surface area contributed by atoms with Crippen LogP contribution >= 0.6 is 11.6 Å². The summed E-state index contributed by atoms with van der Waals surface area (Å²) >= 11 is 5.87. The smallest absolute Gasteiger partial charge is 0.100 e. The van der Waals surface area contributed by atoms with Crippen molar-refractivity contribution in [1.29, 1.82) is 0 Å². The molecule has 0 aliphatic heterocycles. The van der Waals surface area contributed by atoms with Gasteiger partial charge in [-0.3, -0.25) is 0 Å². The molecule has 0 N–H and O–H groups in total. The summed E-state index contributed by atoms with van der Waals surface area (Å²) in [7, 11) is 0. The van der Waals surface area contributed by atoms with Crippen LogP contribution in [0.4, 0.5) is 0 Å². The summed E-state index contributed by atoms with van der Waals surface area (Å²) in [6, 6.07) is 0. The molecule has 0 bridgehead atoms. The third-order valence-corrected chi connectivity index (χ3v) is 1.80. The Bertz CT molecular complexity index is 191. The van der Waals surface area contributed by atoms with Gasteiger partial charge in [0.2, 0.25) is 0 Å². The summed E-state index contributed by atoms with van der Waals surface area (Å²) in [5, 5.41) is -0.163. The van der Waals surface area contributed by atoms with E-state index in [2.05, 4.69) is 17.8 Å². The van der Waals surface area contributed by atoms with Gasteiger partial charge in [-0.1, -0.05) is 26.7 Å². The molecule has 0 rings (SSSR count). The average molecular weight is 155 g/mol. The molecule has 1 unspecified atom stereocenters. The quantitative estimate of drug-likeness (QED) is 0.371. The van der Waals surface area contributed by atoms with Gasteiger partial charge >= 0.3 is 0 Å². The molecular weight excluding hydrogens is 144 g/mol. The number of halogens is 1. The van der Waals surface area contributed by atoms with Gasteiger partial charge in [0.1, 0.15) is 5.38 Å². The van der Waals surface area contributed by atoms with Crippen LogP contribution in [-0.2, 0) is 0 Å². The molecular formula is C9H11Cl. The van der Waals surface area contributed by atoms with Crippen molar-refractivity contribution in [2.75, 3.05) is 0 Å². The second-order valence-corrected chi connectivity index (χ2v) is 3.58. The van der Waals surface area contributed by atoms with Crippen molar-refractivity contribution < 1.29 is 0 Å². The maximum Gasteiger partial charge on any atom is 0.100 e. The molecule has 0 aromatic carbocycles. The van der Waals surface area contributed by atoms with Crippen LogP contribution in [0.5, 0.6) is 0 Å². The number of hydrogen-bond donors (Lipinski definition) is 0. The lowest BCUT2D eigenvalue weighted by Crippen LogP contribution is -2.18. The van der Waals surface area contributed by atoms with Crippen LogP contribution in [0.1, 0.15) is 20.8 Å². The SMILES string of the molecule is C#CC#CC(Cl)C(C)(C)C. The zero-order valence-corrected chi connectivity index (χ0v) is 7.29. The zero-order valence-electron chi connectivity index (χ0n) is 6.53. The van der Waals surface area contributed by atoms with Gasteiger partial charge in [0.25, 0.3) is 0 Å². The van der Waals surface area contributed by atoms with E-state index in [1.165, 1.54) is 0 Å². The molecule has 0 aromatic rings. The molecule has 0 saturated heterocycles. The van der Waals surface area contributed by atoms with Crippen molar-refractivity contribution in [3.8, 4) is 24.2 Å². The molecule has 54 valence electrons. The summed E-state index contributed by atoms with van der Waals surface area (Å²) in [6.07, 6.45) is 4.94. The van der Waals surface area contributed by atoms with Gasteiger partial charge in [0, 0.05) is 0 Å². The topological polar surface area (TPSA) is 0 Å². The normalized spacial score (nSPS) is 12.7. The highest BCUT2D eigenvalue weighted by atomic mass is 35.5. The first kappa shape index (κ1) is 9.41. The summed E-state index contributed by atoms with van der Waals surface area (Å²) in [5.74, 6) is 7.48. The Labute approximate surface area is 68.0 Å². The average Bonchev–Trinajstić information content (AvgIpc) is 1.80. The highest BCUT2D eigenvalue weighted by Crippen LogP contribution is 2.23. The van der Waals surface area contributed by atoms with Gasteiger partial charge in [-0.05, 0) is 17.3 Å². The van der Waals surface area contributed by atoms with Gasteiger partial charge in [0.05, 0.1) is 0 Å². The monoisotopic (exact) mass is 154 g/mol. The molecule has 0 radical (unpaired) electrons. The Kier molecular flexibility index (Phi) is 3.34. The van der Waals surface area contributed by atoms with Crippen LogP contribution in [0.2, 0.25) is 0 Å². The highest BCUT2D eigenvalue weighted by molar-refractivity contribution is 6.23. The van der Waals surface area contributed by atoms with Crippen LogP contribution < -0.4 is 0 Å². The van der Waals surface area contributed by atoms with Crippen LogP contribution in [0, 0.1) is 29.6 Å². The predicted octanol–water partition coefficient (Wildman–Crippen LogP) is 2.28. The Hall–Kier alpha value is -0.590. The maximum absolute atomic E-state index is 5.87. The van der Waals surface area contributed by atoms with E-state index < -0.39 is 0 Å². The third kappa shape index (κ3) is 3.44. The van der Waals surface area contributed by atoms with E-state index in [9.17, 15) is 0 Å². The lowest BCUT2D eigenvalue weighted by molar-refractivity contribution is 0.434. The largest absolute Gasteiger partial charge is 0.108 e. The molecule has 0 aromatic heterocycles. The summed E-state index contributed by atoms with van der Waals surface area (Å²) in [6.45, 7) is 6.07. The minimum absolute atomic E-state index is 0.00536. The van der Waals surface area contributed by atoms with Gasteiger partial charge in [-0.25, -0.2) is 0 Å². The van der Waals surface area contributed by atoms with E-state index in [1.807, 2.05) is 20.8 Å². The first-order valence-electron chi connectivity index (χ1n) is 3.08. The van der Waals surface area contributed by atoms with Crippen LogP contribution in [0.15, 0.2) is 0 Å². The lowest BCUT2D eigenvalue weighted by atomic mass is 9.92. The molecule has 0 amide bonds. The summed E-state index contributed by atoms with van der Waals surface area (Å²) < 4.78 is 0. The molecule has 0 aliphatic rings. The van der Waals surface area contributed by atoms with E-state index in [-0.39, 0.29) is 10.8 Å². The Morgan fingerprint density at radius 2 is 1.90 bits per heavy atom. The van der Waals surface area contributed by atoms with E-state index in [1.54, 1.807) is 0 Å². The fraction of sp³-hybridized carbons (Fsp3) is 0.556. The van der Waals surface area contributed by atoms with Crippen molar-refractivity contribution >= 4 is 11.6 Å². The summed E-state index contributed by atoms with van der Waals surface area (Å²) in [4.78, 5) is 0. The Balaban J connectivity index is 4.13. The van der Waals surface area contributed by atoms with E-state index in [4.69, 9.17) is 18.0 Å². The molecule has 0 aliphatic carbocycles. The van der Waals surface area contributed by atoms with Gasteiger partial charge in [-0.15, -0.1) is 18.0 Å². The molecule has 0 fully saturated rings. The second-order valence-electron chi connectivity index (χ2n) is 3.14. The highest BCUT2D eigenvalue weighted by Gasteiger charge is 2.19. The predicted molar refractivity (Wildman–Crippen MR) is 45.7 cm³/mol. The van der Waals surface area contributed by atoms with E-state index >= 15 is 0 Å². The lowest BCUT2D eigenvalue weighted by Gasteiger charge is -2.19. The van der Waals surface area contributed by atoms with Crippen LogP contribution in [0.25, 0.3) is 0 Å². The van der Waals surface area contributed by atoms with Crippen LogP contribution in [-0.4, -0.2) is 5.38 Å². The fourth-order valence-electron chi connectivity index (χ4n) is 0.322. The molecule has 0 nitrogen and oxygen atoms in total. The maximum atomic E-state index is 5.87. The standard InChI is InChI=1S/C9H11Cl/c1-5-6-7-8(10)9(2,3)4/h1,8H,2-4H3. The van der Waals surface area contributed by atoms with Gasteiger partial charge in [-0.2, -0.15) is 0 Å². The zero-order chi connectivity index (χ0) is 8.20. The van der Waals surface area contributed by atoms with E-state index in [0.717, 1.165) is 0 Å². The molecule has 1 heteroatoms. The fourth-order valence-corrected chi connectivity index (χ4v) is 0.376. The minimum atomic E-state index is -0.163. The van der Waals surface area contributed by atoms with E-state index in [0.29, 0.717) is 0 Å².